The molecule has 0 aliphatic carbocycles. The van der Waals surface area contributed by atoms with E-state index in [1.165, 1.54) is 128 Å². The molecule has 0 radical (unpaired) electrons. The van der Waals surface area contributed by atoms with Crippen molar-refractivity contribution in [2.45, 2.75) is 122 Å². The van der Waals surface area contributed by atoms with E-state index in [0.29, 0.717) is 0 Å². The third-order valence-corrected chi connectivity index (χ3v) is 6.36. The Morgan fingerprint density at radius 2 is 0.960 bits per heavy atom. The second-order valence-corrected chi connectivity index (χ2v) is 9.45. The van der Waals surface area contributed by atoms with Crippen molar-refractivity contribution in [2.24, 2.45) is 0 Å². The van der Waals surface area contributed by atoms with Crippen molar-refractivity contribution < 1.29 is 4.43 Å². The number of rotatable bonds is 22. The number of nitrogens with one attached hydrogen (secondary N) is 1. The molecule has 25 heavy (non-hydrogen) atoms. The van der Waals surface area contributed by atoms with Crippen LogP contribution in [0.3, 0.4) is 0 Å². The fraction of sp³-hybridized carbons (Fsp3) is 1.00. The lowest BCUT2D eigenvalue weighted by Crippen LogP contribution is -2.17. The van der Waals surface area contributed by atoms with Crippen molar-refractivity contribution in [3.63, 3.8) is 0 Å². The van der Waals surface area contributed by atoms with Crippen LogP contribution in [0.25, 0.3) is 0 Å². The molecular weight excluding hydrogens is 322 g/mol. The van der Waals surface area contributed by atoms with Gasteiger partial charge in [0.05, 0.1) is 0 Å². The van der Waals surface area contributed by atoms with Gasteiger partial charge in [0.15, 0.2) is 9.76 Å². The molecule has 0 spiro atoms. The minimum atomic E-state index is -0.187. The van der Waals surface area contributed by atoms with E-state index >= 15 is 0 Å². The molecule has 0 aliphatic heterocycles. The first-order valence-corrected chi connectivity index (χ1v) is 13.2. The molecule has 0 aromatic heterocycles. The van der Waals surface area contributed by atoms with Crippen molar-refractivity contribution >= 4 is 9.76 Å². The van der Waals surface area contributed by atoms with E-state index in [-0.39, 0.29) is 9.76 Å². The van der Waals surface area contributed by atoms with Gasteiger partial charge in [0.2, 0.25) is 0 Å². The minimum Gasteiger partial charge on any atom is -0.427 e. The van der Waals surface area contributed by atoms with Crippen LogP contribution in [0.2, 0.25) is 6.04 Å². The van der Waals surface area contributed by atoms with E-state index in [4.69, 9.17) is 4.43 Å². The highest BCUT2D eigenvalue weighted by molar-refractivity contribution is 6.26. The molecular formula is C22H49NOSi. The lowest BCUT2D eigenvalue weighted by molar-refractivity contribution is 0.438. The summed E-state index contributed by atoms with van der Waals surface area (Å²) in [5.74, 6) is 0. The molecule has 3 heteroatoms. The highest BCUT2D eigenvalue weighted by Gasteiger charge is 1.95. The molecule has 0 fully saturated rings. The summed E-state index contributed by atoms with van der Waals surface area (Å²) in [7, 11) is 1.66. The van der Waals surface area contributed by atoms with Crippen LogP contribution >= 0.6 is 0 Å². The number of hydrogen-bond donors (Lipinski definition) is 1. The van der Waals surface area contributed by atoms with Gasteiger partial charge in [-0.3, -0.25) is 0 Å². The molecule has 0 bridgehead atoms. The Balaban J connectivity index is 2.94. The summed E-state index contributed by atoms with van der Waals surface area (Å²) >= 11 is 0. The topological polar surface area (TPSA) is 21.3 Å². The second-order valence-electron chi connectivity index (χ2n) is 7.75. The van der Waals surface area contributed by atoms with Crippen LogP contribution < -0.4 is 5.32 Å². The molecule has 0 aliphatic rings. The Morgan fingerprint density at radius 1 is 0.560 bits per heavy atom. The highest BCUT2D eigenvalue weighted by atomic mass is 28.2. The van der Waals surface area contributed by atoms with Crippen LogP contribution in [0.4, 0.5) is 0 Å². The zero-order chi connectivity index (χ0) is 18.3. The van der Waals surface area contributed by atoms with E-state index < -0.39 is 0 Å². The van der Waals surface area contributed by atoms with E-state index in [9.17, 15) is 0 Å². The Kier molecular flexibility index (Phi) is 24.3. The fourth-order valence-corrected chi connectivity index (χ4v) is 4.16. The van der Waals surface area contributed by atoms with E-state index in [1.54, 1.807) is 0 Å². The molecule has 0 rings (SSSR count). The van der Waals surface area contributed by atoms with Crippen molar-refractivity contribution in [1.29, 1.82) is 0 Å². The molecule has 152 valence electrons. The van der Waals surface area contributed by atoms with E-state index in [2.05, 4.69) is 12.2 Å². The van der Waals surface area contributed by atoms with Crippen molar-refractivity contribution in [1.82, 2.24) is 5.32 Å². The second kappa shape index (κ2) is 24.1. The Morgan fingerprint density at radius 3 is 1.40 bits per heavy atom. The van der Waals surface area contributed by atoms with Gasteiger partial charge in [-0.1, -0.05) is 103 Å². The normalized spacial score (nSPS) is 11.8. The summed E-state index contributed by atoms with van der Waals surface area (Å²) in [5.41, 5.74) is 0. The molecule has 0 heterocycles. The molecule has 0 amide bonds. The van der Waals surface area contributed by atoms with Gasteiger partial charge in [-0.15, -0.1) is 0 Å². The van der Waals surface area contributed by atoms with Gasteiger partial charge in [0, 0.05) is 7.11 Å². The summed E-state index contributed by atoms with van der Waals surface area (Å²) in [6, 6.07) is 1.32. The molecule has 0 saturated heterocycles. The fourth-order valence-electron chi connectivity index (χ4n) is 3.42. The first-order valence-electron chi connectivity index (χ1n) is 11.6. The maximum atomic E-state index is 5.19. The Labute approximate surface area is 162 Å². The van der Waals surface area contributed by atoms with Crippen LogP contribution in [0, 0.1) is 0 Å². The molecule has 0 saturated carbocycles. The summed E-state index contributed by atoms with van der Waals surface area (Å²) in [4.78, 5) is 0. The third-order valence-electron chi connectivity index (χ3n) is 5.16. The maximum Gasteiger partial charge on any atom is 0.161 e. The van der Waals surface area contributed by atoms with Gasteiger partial charge in [0.25, 0.3) is 0 Å². The third kappa shape index (κ3) is 24.1. The smallest absolute Gasteiger partial charge is 0.161 e. The average molecular weight is 372 g/mol. The molecule has 0 aromatic rings. The van der Waals surface area contributed by atoms with Crippen molar-refractivity contribution in [2.75, 3.05) is 20.2 Å². The van der Waals surface area contributed by atoms with Crippen LogP contribution in [-0.2, 0) is 4.43 Å². The predicted octanol–water partition coefficient (Wildman–Crippen LogP) is 6.38. The summed E-state index contributed by atoms with van der Waals surface area (Å²) < 4.78 is 5.19. The lowest BCUT2D eigenvalue weighted by Gasteiger charge is -2.05. The summed E-state index contributed by atoms with van der Waals surface area (Å²) in [5, 5.41) is 3.56. The van der Waals surface area contributed by atoms with E-state index in [1.807, 2.05) is 7.11 Å². The first kappa shape index (κ1) is 25.1. The van der Waals surface area contributed by atoms with Gasteiger partial charge in [-0.25, -0.2) is 0 Å². The van der Waals surface area contributed by atoms with Crippen LogP contribution in [-0.4, -0.2) is 30.0 Å². The largest absolute Gasteiger partial charge is 0.427 e. The number of hydrogen-bond acceptors (Lipinski definition) is 2. The van der Waals surface area contributed by atoms with E-state index in [0.717, 1.165) is 0 Å². The Bertz CT molecular complexity index is 204. The van der Waals surface area contributed by atoms with Gasteiger partial charge >= 0.3 is 0 Å². The molecule has 1 N–H and O–H groups in total. The monoisotopic (exact) mass is 371 g/mol. The average Bonchev–Trinajstić information content (AvgIpc) is 2.63. The minimum absolute atomic E-state index is 0.187. The summed E-state index contributed by atoms with van der Waals surface area (Å²) in [6.45, 7) is 4.70. The standard InChI is InChI=1S/C22H49NOSi/c1-3-4-5-6-7-8-9-10-11-12-13-14-15-16-17-18-20-23-21-19-22-25-24-2/h23H,3-22,25H2,1-2H3. The van der Waals surface area contributed by atoms with Crippen molar-refractivity contribution in [3.05, 3.63) is 0 Å². The Hall–Kier alpha value is 0.137. The first-order chi connectivity index (χ1) is 12.4. The van der Waals surface area contributed by atoms with Crippen LogP contribution in [0.15, 0.2) is 0 Å². The van der Waals surface area contributed by atoms with Crippen molar-refractivity contribution in [3.8, 4) is 0 Å². The quantitative estimate of drug-likeness (QED) is 0.176. The summed E-state index contributed by atoms with van der Waals surface area (Å²) in [6.07, 6.45) is 24.5. The molecule has 0 unspecified atom stereocenters. The van der Waals surface area contributed by atoms with Crippen LogP contribution in [0.5, 0.6) is 0 Å². The predicted molar refractivity (Wildman–Crippen MR) is 117 cm³/mol. The van der Waals surface area contributed by atoms with Gasteiger partial charge < -0.3 is 9.74 Å². The lowest BCUT2D eigenvalue weighted by atomic mass is 10.0. The zero-order valence-electron chi connectivity index (χ0n) is 17.8. The molecule has 0 aromatic carbocycles. The van der Waals surface area contributed by atoms with Gasteiger partial charge in [0.1, 0.15) is 0 Å². The SMILES string of the molecule is CCCCCCCCCCCCCCCCCCNCCC[SiH2]OC. The maximum absolute atomic E-state index is 5.19. The molecule has 0 atom stereocenters. The zero-order valence-corrected chi connectivity index (χ0v) is 19.2. The van der Waals surface area contributed by atoms with Crippen LogP contribution in [0.1, 0.15) is 116 Å². The highest BCUT2D eigenvalue weighted by Crippen LogP contribution is 2.13. The van der Waals surface area contributed by atoms with Gasteiger partial charge in [-0.2, -0.15) is 0 Å². The molecule has 2 nitrogen and oxygen atoms in total. The van der Waals surface area contributed by atoms with Gasteiger partial charge in [-0.05, 0) is 32.0 Å². The number of unbranched alkanes of at least 4 members (excludes halogenated alkanes) is 15.